The molecule has 0 saturated carbocycles. The summed E-state index contributed by atoms with van der Waals surface area (Å²) in [5, 5.41) is 0.483. The van der Waals surface area contributed by atoms with Crippen LogP contribution in [0.5, 0.6) is 0 Å². The van der Waals surface area contributed by atoms with Gasteiger partial charge in [-0.2, -0.15) is 0 Å². The Morgan fingerprint density at radius 3 is 3.00 bits per heavy atom. The first kappa shape index (κ1) is 11.6. The van der Waals surface area contributed by atoms with Gasteiger partial charge in [-0.1, -0.05) is 31.4 Å². The molecule has 1 aromatic heterocycles. The van der Waals surface area contributed by atoms with Gasteiger partial charge < -0.3 is 4.90 Å². The molecule has 2 heterocycles. The molecule has 0 aromatic carbocycles. The number of nitrogens with zero attached hydrogens (tertiary/aromatic N) is 3. The van der Waals surface area contributed by atoms with Crippen LogP contribution < -0.4 is 4.90 Å². The van der Waals surface area contributed by atoms with Gasteiger partial charge >= 0.3 is 0 Å². The van der Waals surface area contributed by atoms with Gasteiger partial charge in [0.15, 0.2) is 0 Å². The van der Waals surface area contributed by atoms with Gasteiger partial charge in [-0.25, -0.2) is 4.98 Å². The average molecular weight is 240 g/mol. The number of halogens is 1. The molecule has 4 heteroatoms. The van der Waals surface area contributed by atoms with Crippen LogP contribution in [0.4, 0.5) is 5.82 Å². The van der Waals surface area contributed by atoms with Crippen molar-refractivity contribution in [3.63, 3.8) is 0 Å². The Balaban J connectivity index is 2.21. The first-order valence-electron chi connectivity index (χ1n) is 6.05. The maximum Gasteiger partial charge on any atom is 0.149 e. The summed E-state index contributed by atoms with van der Waals surface area (Å²) in [4.78, 5) is 10.9. The topological polar surface area (TPSA) is 29.0 Å². The van der Waals surface area contributed by atoms with Gasteiger partial charge in [-0.3, -0.25) is 4.98 Å². The molecule has 16 heavy (non-hydrogen) atoms. The van der Waals surface area contributed by atoms with Crippen molar-refractivity contribution in [3.05, 3.63) is 17.5 Å². The Bertz CT molecular complexity index is 343. The minimum atomic E-state index is 0.483. The van der Waals surface area contributed by atoms with E-state index in [0.29, 0.717) is 11.2 Å². The van der Waals surface area contributed by atoms with E-state index in [9.17, 15) is 0 Å². The first-order chi connectivity index (χ1) is 7.81. The SMILES string of the molecule is CCC1CCCCCN1c1cncc(Cl)n1. The molecule has 0 N–H and O–H groups in total. The van der Waals surface area contributed by atoms with Crippen LogP contribution in [0.25, 0.3) is 0 Å². The summed E-state index contributed by atoms with van der Waals surface area (Å²) in [6, 6.07) is 0.593. The predicted octanol–water partition coefficient (Wildman–Crippen LogP) is 3.29. The molecule has 1 saturated heterocycles. The van der Waals surface area contributed by atoms with Gasteiger partial charge in [0.05, 0.1) is 12.4 Å². The summed E-state index contributed by atoms with van der Waals surface area (Å²) in [5.41, 5.74) is 0. The van der Waals surface area contributed by atoms with Gasteiger partial charge in [-0.05, 0) is 19.3 Å². The molecule has 0 spiro atoms. The first-order valence-corrected chi connectivity index (χ1v) is 6.43. The number of anilines is 1. The highest BCUT2D eigenvalue weighted by molar-refractivity contribution is 6.29. The zero-order chi connectivity index (χ0) is 11.4. The average Bonchev–Trinajstić information content (AvgIpc) is 2.53. The second-order valence-electron chi connectivity index (χ2n) is 4.30. The van der Waals surface area contributed by atoms with Crippen molar-refractivity contribution in [1.82, 2.24) is 9.97 Å². The van der Waals surface area contributed by atoms with E-state index in [0.717, 1.165) is 18.8 Å². The third-order valence-corrected chi connectivity index (χ3v) is 3.42. The van der Waals surface area contributed by atoms with E-state index in [1.165, 1.54) is 25.7 Å². The molecule has 0 radical (unpaired) electrons. The lowest BCUT2D eigenvalue weighted by atomic mass is 10.1. The molecule has 1 aliphatic rings. The summed E-state index contributed by atoms with van der Waals surface area (Å²) in [6.07, 6.45) is 9.71. The highest BCUT2D eigenvalue weighted by atomic mass is 35.5. The summed E-state index contributed by atoms with van der Waals surface area (Å²) in [6.45, 7) is 3.31. The zero-order valence-corrected chi connectivity index (χ0v) is 10.5. The predicted molar refractivity (Wildman–Crippen MR) is 66.9 cm³/mol. The van der Waals surface area contributed by atoms with Crippen molar-refractivity contribution in [2.75, 3.05) is 11.4 Å². The molecular formula is C12H18ClN3. The summed E-state index contributed by atoms with van der Waals surface area (Å²) in [5.74, 6) is 0.932. The molecule has 2 rings (SSSR count). The Hall–Kier alpha value is -0.830. The van der Waals surface area contributed by atoms with E-state index < -0.39 is 0 Å². The monoisotopic (exact) mass is 239 g/mol. The fraction of sp³-hybridized carbons (Fsp3) is 0.667. The third kappa shape index (κ3) is 2.64. The van der Waals surface area contributed by atoms with Gasteiger partial charge in [0, 0.05) is 12.6 Å². The largest absolute Gasteiger partial charge is 0.352 e. The Labute approximate surface area is 102 Å². The van der Waals surface area contributed by atoms with E-state index in [1.54, 1.807) is 6.20 Å². The second kappa shape index (κ2) is 5.48. The van der Waals surface area contributed by atoms with E-state index >= 15 is 0 Å². The minimum Gasteiger partial charge on any atom is -0.352 e. The highest BCUT2D eigenvalue weighted by Crippen LogP contribution is 2.24. The van der Waals surface area contributed by atoms with Crippen LogP contribution in [0.1, 0.15) is 39.0 Å². The Morgan fingerprint density at radius 2 is 2.25 bits per heavy atom. The molecule has 0 aliphatic carbocycles. The zero-order valence-electron chi connectivity index (χ0n) is 9.69. The number of hydrogen-bond acceptors (Lipinski definition) is 3. The molecule has 1 unspecified atom stereocenters. The molecule has 88 valence electrons. The van der Waals surface area contributed by atoms with Crippen molar-refractivity contribution in [2.24, 2.45) is 0 Å². The maximum absolute atomic E-state index is 5.90. The molecule has 3 nitrogen and oxygen atoms in total. The standard InChI is InChI=1S/C12H18ClN3/c1-2-10-6-4-3-5-7-16(10)12-9-14-8-11(13)15-12/h8-10H,2-7H2,1H3. The highest BCUT2D eigenvalue weighted by Gasteiger charge is 2.20. The normalized spacial score (nSPS) is 21.9. The Morgan fingerprint density at radius 1 is 1.38 bits per heavy atom. The number of rotatable bonds is 2. The molecular weight excluding hydrogens is 222 g/mol. The molecule has 1 aliphatic heterocycles. The van der Waals surface area contributed by atoms with Gasteiger partial charge in [0.25, 0.3) is 0 Å². The van der Waals surface area contributed by atoms with Crippen molar-refractivity contribution < 1.29 is 0 Å². The van der Waals surface area contributed by atoms with Crippen LogP contribution in [0.2, 0.25) is 5.15 Å². The number of hydrogen-bond donors (Lipinski definition) is 0. The minimum absolute atomic E-state index is 0.483. The van der Waals surface area contributed by atoms with E-state index in [4.69, 9.17) is 11.6 Å². The van der Waals surface area contributed by atoms with E-state index in [2.05, 4.69) is 21.8 Å². The van der Waals surface area contributed by atoms with Crippen LogP contribution in [0, 0.1) is 0 Å². The lowest BCUT2D eigenvalue weighted by Gasteiger charge is -2.30. The second-order valence-corrected chi connectivity index (χ2v) is 4.69. The van der Waals surface area contributed by atoms with Crippen LogP contribution in [0.3, 0.4) is 0 Å². The maximum atomic E-state index is 5.90. The van der Waals surface area contributed by atoms with E-state index in [-0.39, 0.29) is 0 Å². The smallest absolute Gasteiger partial charge is 0.149 e. The summed E-state index contributed by atoms with van der Waals surface area (Å²) >= 11 is 5.90. The van der Waals surface area contributed by atoms with Crippen molar-refractivity contribution in [3.8, 4) is 0 Å². The van der Waals surface area contributed by atoms with Crippen LogP contribution in [-0.4, -0.2) is 22.6 Å². The molecule has 1 fully saturated rings. The summed E-state index contributed by atoms with van der Waals surface area (Å²) < 4.78 is 0. The fourth-order valence-corrected chi connectivity index (χ4v) is 2.52. The lowest BCUT2D eigenvalue weighted by Crippen LogP contribution is -2.35. The molecule has 1 aromatic rings. The third-order valence-electron chi connectivity index (χ3n) is 3.24. The number of aromatic nitrogens is 2. The quantitative estimate of drug-likeness (QED) is 0.793. The molecule has 0 bridgehead atoms. The van der Waals surface area contributed by atoms with Gasteiger partial charge in [-0.15, -0.1) is 0 Å². The summed E-state index contributed by atoms with van der Waals surface area (Å²) in [7, 11) is 0. The van der Waals surface area contributed by atoms with E-state index in [1.807, 2.05) is 6.20 Å². The fourth-order valence-electron chi connectivity index (χ4n) is 2.37. The van der Waals surface area contributed by atoms with Crippen molar-refractivity contribution in [2.45, 2.75) is 45.1 Å². The van der Waals surface area contributed by atoms with Crippen molar-refractivity contribution >= 4 is 17.4 Å². The van der Waals surface area contributed by atoms with Gasteiger partial charge in [0.2, 0.25) is 0 Å². The molecule has 1 atom stereocenters. The Kier molecular flexibility index (Phi) is 3.99. The molecule has 0 amide bonds. The van der Waals surface area contributed by atoms with Crippen molar-refractivity contribution in [1.29, 1.82) is 0 Å². The van der Waals surface area contributed by atoms with Crippen LogP contribution in [-0.2, 0) is 0 Å². The van der Waals surface area contributed by atoms with Gasteiger partial charge in [0.1, 0.15) is 11.0 Å². The van der Waals surface area contributed by atoms with Crippen LogP contribution in [0.15, 0.2) is 12.4 Å². The lowest BCUT2D eigenvalue weighted by molar-refractivity contribution is 0.551. The van der Waals surface area contributed by atoms with Crippen LogP contribution >= 0.6 is 11.6 Å².